The van der Waals surface area contributed by atoms with Crippen molar-refractivity contribution >= 4 is 6.03 Å². The van der Waals surface area contributed by atoms with Crippen LogP contribution in [0.1, 0.15) is 19.3 Å². The summed E-state index contributed by atoms with van der Waals surface area (Å²) in [7, 11) is 0. The largest absolute Gasteiger partial charge is 0.337 e. The summed E-state index contributed by atoms with van der Waals surface area (Å²) < 4.78 is 0. The number of carbonyl (C=O) groups is 1. The zero-order valence-corrected chi connectivity index (χ0v) is 8.51. The molecule has 0 aromatic heterocycles. The average molecular weight is 200 g/mol. The lowest BCUT2D eigenvalue weighted by Crippen LogP contribution is -2.47. The summed E-state index contributed by atoms with van der Waals surface area (Å²) in [5.41, 5.74) is 5.26. The fourth-order valence-electron chi connectivity index (χ4n) is 1.56. The van der Waals surface area contributed by atoms with Gasteiger partial charge in [0.2, 0.25) is 0 Å². The van der Waals surface area contributed by atoms with Crippen LogP contribution in [0.2, 0.25) is 0 Å². The van der Waals surface area contributed by atoms with Crippen LogP contribution in [0.4, 0.5) is 4.79 Å². The number of nitrogens with one attached hydrogen (secondary N) is 3. The fourth-order valence-corrected chi connectivity index (χ4v) is 1.56. The van der Waals surface area contributed by atoms with Gasteiger partial charge >= 0.3 is 6.03 Å². The van der Waals surface area contributed by atoms with E-state index in [2.05, 4.69) is 16.0 Å². The normalized spacial score (nSPS) is 21.6. The average Bonchev–Trinajstić information content (AvgIpc) is 2.25. The molecule has 5 heteroatoms. The topological polar surface area (TPSA) is 79.2 Å². The molecule has 14 heavy (non-hydrogen) atoms. The van der Waals surface area contributed by atoms with Crippen LogP contribution in [0.25, 0.3) is 0 Å². The lowest BCUT2D eigenvalue weighted by atomic mass is 10.1. The van der Waals surface area contributed by atoms with E-state index in [1.165, 1.54) is 12.8 Å². The lowest BCUT2D eigenvalue weighted by molar-refractivity contribution is 0.238. The van der Waals surface area contributed by atoms with Crippen molar-refractivity contribution in [2.75, 3.05) is 26.2 Å². The third-order valence-electron chi connectivity index (χ3n) is 2.35. The second kappa shape index (κ2) is 6.62. The van der Waals surface area contributed by atoms with Gasteiger partial charge in [0.15, 0.2) is 0 Å². The van der Waals surface area contributed by atoms with Crippen LogP contribution in [-0.2, 0) is 0 Å². The zero-order valence-electron chi connectivity index (χ0n) is 8.51. The Labute approximate surface area is 84.8 Å². The maximum absolute atomic E-state index is 11.1. The summed E-state index contributed by atoms with van der Waals surface area (Å²) in [6, 6.07) is 0.315. The van der Waals surface area contributed by atoms with Gasteiger partial charge in [0.1, 0.15) is 0 Å². The first-order valence-corrected chi connectivity index (χ1v) is 5.28. The van der Waals surface area contributed by atoms with Crippen LogP contribution < -0.4 is 21.7 Å². The molecule has 1 fully saturated rings. The van der Waals surface area contributed by atoms with Gasteiger partial charge in [-0.2, -0.15) is 0 Å². The smallest absolute Gasteiger partial charge is 0.314 e. The minimum Gasteiger partial charge on any atom is -0.337 e. The molecule has 0 radical (unpaired) electrons. The minimum absolute atomic E-state index is 0.122. The first-order valence-electron chi connectivity index (χ1n) is 5.28. The molecule has 0 aromatic carbocycles. The summed E-state index contributed by atoms with van der Waals surface area (Å²) in [6.07, 6.45) is 3.65. The molecule has 0 aliphatic carbocycles. The first kappa shape index (κ1) is 11.3. The van der Waals surface area contributed by atoms with Crippen LogP contribution in [0.5, 0.6) is 0 Å². The Balaban J connectivity index is 2.03. The highest BCUT2D eigenvalue weighted by Crippen LogP contribution is 2.05. The van der Waals surface area contributed by atoms with E-state index in [4.69, 9.17) is 5.73 Å². The molecule has 2 amide bonds. The quantitative estimate of drug-likeness (QED) is 0.488. The van der Waals surface area contributed by atoms with Crippen molar-refractivity contribution in [3.05, 3.63) is 0 Å². The van der Waals surface area contributed by atoms with Crippen LogP contribution in [0.15, 0.2) is 0 Å². The van der Waals surface area contributed by atoms with Crippen molar-refractivity contribution in [1.29, 1.82) is 0 Å². The predicted octanol–water partition coefficient (Wildman–Crippen LogP) is -0.614. The van der Waals surface area contributed by atoms with Gasteiger partial charge in [-0.05, 0) is 19.4 Å². The number of piperidine rings is 1. The maximum Gasteiger partial charge on any atom is 0.314 e. The molecule has 1 saturated heterocycles. The highest BCUT2D eigenvalue weighted by molar-refractivity contribution is 5.73. The molecule has 5 nitrogen and oxygen atoms in total. The minimum atomic E-state index is -0.122. The second-order valence-electron chi connectivity index (χ2n) is 3.57. The zero-order chi connectivity index (χ0) is 10.2. The molecule has 1 heterocycles. The Bertz CT molecular complexity index is 168. The number of urea groups is 1. The number of carbonyl (C=O) groups excluding carboxylic acids is 1. The lowest BCUT2D eigenvalue weighted by Gasteiger charge is -2.23. The summed E-state index contributed by atoms with van der Waals surface area (Å²) in [4.78, 5) is 11.1. The van der Waals surface area contributed by atoms with Crippen LogP contribution in [0, 0.1) is 0 Å². The number of hydrogen-bond donors (Lipinski definition) is 4. The van der Waals surface area contributed by atoms with E-state index in [9.17, 15) is 4.79 Å². The molecular formula is C9H20N4O. The molecule has 1 aliphatic heterocycles. The van der Waals surface area contributed by atoms with Gasteiger partial charge in [-0.1, -0.05) is 6.42 Å². The van der Waals surface area contributed by atoms with E-state index in [1.54, 1.807) is 0 Å². The number of amides is 2. The Morgan fingerprint density at radius 3 is 2.93 bits per heavy atom. The molecule has 1 aliphatic rings. The summed E-state index contributed by atoms with van der Waals surface area (Å²) in [5, 5.41) is 8.85. The van der Waals surface area contributed by atoms with E-state index >= 15 is 0 Å². The highest BCUT2D eigenvalue weighted by atomic mass is 16.2. The Morgan fingerprint density at radius 1 is 1.43 bits per heavy atom. The number of hydrogen-bond acceptors (Lipinski definition) is 3. The third kappa shape index (κ3) is 4.43. The molecule has 0 bridgehead atoms. The van der Waals surface area contributed by atoms with E-state index in [0.717, 1.165) is 13.0 Å². The monoisotopic (exact) mass is 200 g/mol. The molecule has 0 aromatic rings. The molecule has 82 valence electrons. The van der Waals surface area contributed by atoms with Crippen molar-refractivity contribution in [2.45, 2.75) is 25.3 Å². The first-order chi connectivity index (χ1) is 6.83. The van der Waals surface area contributed by atoms with Gasteiger partial charge in [0.05, 0.1) is 0 Å². The van der Waals surface area contributed by atoms with Crippen molar-refractivity contribution in [2.24, 2.45) is 5.73 Å². The van der Waals surface area contributed by atoms with Crippen molar-refractivity contribution < 1.29 is 4.79 Å². The Kier molecular flexibility index (Phi) is 5.32. The standard InChI is InChI=1S/C9H20N4O/c10-4-6-12-9(14)13-7-8-3-1-2-5-11-8/h8,11H,1-7,10H2,(H2,12,13,14). The molecule has 1 rings (SSSR count). The Morgan fingerprint density at radius 2 is 2.29 bits per heavy atom. The summed E-state index contributed by atoms with van der Waals surface area (Å²) in [5.74, 6) is 0. The van der Waals surface area contributed by atoms with E-state index in [1.807, 2.05) is 0 Å². The van der Waals surface area contributed by atoms with Gasteiger partial charge in [0, 0.05) is 25.7 Å². The molecule has 0 saturated carbocycles. The molecule has 0 spiro atoms. The highest BCUT2D eigenvalue weighted by Gasteiger charge is 2.12. The molecular weight excluding hydrogens is 180 g/mol. The second-order valence-corrected chi connectivity index (χ2v) is 3.57. The third-order valence-corrected chi connectivity index (χ3v) is 2.35. The van der Waals surface area contributed by atoms with Crippen molar-refractivity contribution in [1.82, 2.24) is 16.0 Å². The van der Waals surface area contributed by atoms with Gasteiger partial charge in [0.25, 0.3) is 0 Å². The van der Waals surface area contributed by atoms with Gasteiger partial charge in [-0.3, -0.25) is 0 Å². The predicted molar refractivity (Wildman–Crippen MR) is 56.1 cm³/mol. The molecule has 5 N–H and O–H groups in total. The van der Waals surface area contributed by atoms with Gasteiger partial charge in [-0.25, -0.2) is 4.79 Å². The van der Waals surface area contributed by atoms with E-state index in [0.29, 0.717) is 25.7 Å². The van der Waals surface area contributed by atoms with Gasteiger partial charge < -0.3 is 21.7 Å². The summed E-state index contributed by atoms with van der Waals surface area (Å²) in [6.45, 7) is 2.78. The fraction of sp³-hybridized carbons (Fsp3) is 0.889. The van der Waals surface area contributed by atoms with Crippen molar-refractivity contribution in [3.63, 3.8) is 0 Å². The van der Waals surface area contributed by atoms with E-state index in [-0.39, 0.29) is 6.03 Å². The summed E-state index contributed by atoms with van der Waals surface area (Å²) >= 11 is 0. The van der Waals surface area contributed by atoms with Crippen molar-refractivity contribution in [3.8, 4) is 0 Å². The number of rotatable bonds is 4. The Hall–Kier alpha value is -0.810. The molecule has 1 atom stereocenters. The van der Waals surface area contributed by atoms with Gasteiger partial charge in [-0.15, -0.1) is 0 Å². The SMILES string of the molecule is NCCNC(=O)NCC1CCCCN1. The van der Waals surface area contributed by atoms with Crippen LogP contribution in [0.3, 0.4) is 0 Å². The maximum atomic E-state index is 11.1. The van der Waals surface area contributed by atoms with E-state index < -0.39 is 0 Å². The number of nitrogens with two attached hydrogens (primary N) is 1. The van der Waals surface area contributed by atoms with Crippen LogP contribution in [-0.4, -0.2) is 38.3 Å². The van der Waals surface area contributed by atoms with Crippen LogP contribution >= 0.6 is 0 Å². The molecule has 1 unspecified atom stereocenters.